The fourth-order valence-corrected chi connectivity index (χ4v) is 2.30. The molecule has 4 heteroatoms. The first-order valence-electron chi connectivity index (χ1n) is 5.55. The number of hydrogen-bond donors (Lipinski definition) is 0. The Bertz CT molecular complexity index is 340. The zero-order valence-electron chi connectivity index (χ0n) is 9.95. The van der Waals surface area contributed by atoms with E-state index in [0.717, 1.165) is 6.54 Å². The average molecular weight is 209 g/mol. The van der Waals surface area contributed by atoms with Crippen LogP contribution in [0.15, 0.2) is 4.42 Å². The van der Waals surface area contributed by atoms with Gasteiger partial charge in [0.15, 0.2) is 0 Å². The molecule has 1 aliphatic heterocycles. The summed E-state index contributed by atoms with van der Waals surface area (Å²) in [5.74, 6) is 0.643. The third kappa shape index (κ3) is 1.98. The van der Waals surface area contributed by atoms with Crippen LogP contribution in [-0.4, -0.2) is 22.8 Å². The molecule has 0 N–H and O–H groups in total. The summed E-state index contributed by atoms with van der Waals surface area (Å²) < 4.78 is 5.50. The number of aromatic nitrogens is 2. The Morgan fingerprint density at radius 2 is 2.07 bits per heavy atom. The molecule has 0 bridgehead atoms. The smallest absolute Gasteiger partial charge is 0.318 e. The third-order valence-electron chi connectivity index (χ3n) is 3.01. The maximum atomic E-state index is 5.50. The van der Waals surface area contributed by atoms with Gasteiger partial charge < -0.3 is 9.32 Å². The summed E-state index contributed by atoms with van der Waals surface area (Å²) in [6.07, 6.45) is 2.42. The van der Waals surface area contributed by atoms with Gasteiger partial charge in [0, 0.05) is 19.5 Å². The van der Waals surface area contributed by atoms with Crippen molar-refractivity contribution in [1.29, 1.82) is 0 Å². The minimum Gasteiger partial charge on any atom is -0.408 e. The van der Waals surface area contributed by atoms with Gasteiger partial charge in [-0.3, -0.25) is 0 Å². The predicted molar refractivity (Wildman–Crippen MR) is 58.9 cm³/mol. The van der Waals surface area contributed by atoms with Crippen LogP contribution in [0.25, 0.3) is 0 Å². The van der Waals surface area contributed by atoms with Crippen molar-refractivity contribution in [1.82, 2.24) is 10.2 Å². The van der Waals surface area contributed by atoms with Crippen LogP contribution in [0.1, 0.15) is 39.5 Å². The van der Waals surface area contributed by atoms with Gasteiger partial charge in [0.2, 0.25) is 5.89 Å². The Morgan fingerprint density at radius 3 is 2.60 bits per heavy atom. The molecule has 0 radical (unpaired) electrons. The lowest BCUT2D eigenvalue weighted by atomic mass is 9.85. The molecule has 1 aliphatic rings. The number of hydrogen-bond acceptors (Lipinski definition) is 4. The van der Waals surface area contributed by atoms with E-state index in [0.29, 0.717) is 17.9 Å². The molecule has 1 atom stereocenters. The molecule has 0 aliphatic carbocycles. The highest BCUT2D eigenvalue weighted by Crippen LogP contribution is 2.35. The van der Waals surface area contributed by atoms with Gasteiger partial charge in [-0.15, -0.1) is 5.10 Å². The fraction of sp³-hybridized carbons (Fsp3) is 0.818. The Balaban J connectivity index is 2.22. The highest BCUT2D eigenvalue weighted by Gasteiger charge is 2.36. The molecule has 2 heterocycles. The van der Waals surface area contributed by atoms with Crippen molar-refractivity contribution in [3.63, 3.8) is 0 Å². The summed E-state index contributed by atoms with van der Waals surface area (Å²) in [6.45, 7) is 9.65. The average Bonchev–Trinajstić information content (AvgIpc) is 2.68. The molecule has 84 valence electrons. The van der Waals surface area contributed by atoms with Gasteiger partial charge in [0.05, 0.1) is 0 Å². The van der Waals surface area contributed by atoms with Crippen LogP contribution < -0.4 is 4.90 Å². The summed E-state index contributed by atoms with van der Waals surface area (Å²) in [7, 11) is 0. The first-order chi connectivity index (χ1) is 6.98. The van der Waals surface area contributed by atoms with Crippen molar-refractivity contribution in [3.8, 4) is 0 Å². The van der Waals surface area contributed by atoms with E-state index >= 15 is 0 Å². The Kier molecular flexibility index (Phi) is 2.44. The number of nitrogens with zero attached hydrogens (tertiary/aromatic N) is 3. The molecule has 4 nitrogen and oxygen atoms in total. The van der Waals surface area contributed by atoms with Crippen LogP contribution in [0, 0.1) is 12.3 Å². The molecule has 1 aromatic heterocycles. The molecule has 0 saturated carbocycles. The standard InChI is InChI=1S/C11H19N3O/c1-8-12-13-10(15-8)14-7-5-6-9(14)11(2,3)4/h9H,5-7H2,1-4H3. The molecule has 0 spiro atoms. The van der Waals surface area contributed by atoms with Crippen molar-refractivity contribution in [2.75, 3.05) is 11.4 Å². The number of aryl methyl sites for hydroxylation is 1. The van der Waals surface area contributed by atoms with Crippen molar-refractivity contribution < 1.29 is 4.42 Å². The maximum Gasteiger partial charge on any atom is 0.318 e. The van der Waals surface area contributed by atoms with E-state index < -0.39 is 0 Å². The molecule has 0 amide bonds. The van der Waals surface area contributed by atoms with Gasteiger partial charge in [0.1, 0.15) is 0 Å². The quantitative estimate of drug-likeness (QED) is 0.712. The third-order valence-corrected chi connectivity index (χ3v) is 3.01. The van der Waals surface area contributed by atoms with E-state index in [9.17, 15) is 0 Å². The minimum absolute atomic E-state index is 0.263. The summed E-state index contributed by atoms with van der Waals surface area (Å²) in [4.78, 5) is 2.25. The maximum absolute atomic E-state index is 5.50. The van der Waals surface area contributed by atoms with Crippen LogP contribution in [-0.2, 0) is 0 Å². The minimum atomic E-state index is 0.263. The zero-order chi connectivity index (χ0) is 11.1. The number of rotatable bonds is 1. The lowest BCUT2D eigenvalue weighted by Crippen LogP contribution is -2.39. The second-order valence-electron chi connectivity index (χ2n) is 5.32. The molecular formula is C11H19N3O. The highest BCUT2D eigenvalue weighted by molar-refractivity contribution is 5.30. The summed E-state index contributed by atoms with van der Waals surface area (Å²) in [5.41, 5.74) is 0.263. The highest BCUT2D eigenvalue weighted by atomic mass is 16.4. The van der Waals surface area contributed by atoms with Crippen LogP contribution in [0.3, 0.4) is 0 Å². The predicted octanol–water partition coefficient (Wildman–Crippen LogP) is 2.39. The molecule has 2 rings (SSSR count). The molecule has 1 fully saturated rings. The van der Waals surface area contributed by atoms with Crippen molar-refractivity contribution in [3.05, 3.63) is 5.89 Å². The van der Waals surface area contributed by atoms with E-state index in [1.807, 2.05) is 6.92 Å². The van der Waals surface area contributed by atoms with Gasteiger partial charge >= 0.3 is 6.01 Å². The first-order valence-corrected chi connectivity index (χ1v) is 5.55. The molecule has 1 aromatic rings. The Morgan fingerprint density at radius 1 is 1.33 bits per heavy atom. The van der Waals surface area contributed by atoms with Crippen LogP contribution in [0.4, 0.5) is 6.01 Å². The number of anilines is 1. The van der Waals surface area contributed by atoms with Gasteiger partial charge in [0.25, 0.3) is 0 Å². The Hall–Kier alpha value is -1.06. The topological polar surface area (TPSA) is 42.2 Å². The largest absolute Gasteiger partial charge is 0.408 e. The fourth-order valence-electron chi connectivity index (χ4n) is 2.30. The van der Waals surface area contributed by atoms with Gasteiger partial charge in [-0.25, -0.2) is 0 Å². The molecule has 15 heavy (non-hydrogen) atoms. The summed E-state index contributed by atoms with van der Waals surface area (Å²) in [6, 6.07) is 1.20. The Labute approximate surface area is 90.7 Å². The second kappa shape index (κ2) is 3.51. The first kappa shape index (κ1) is 10.5. The lowest BCUT2D eigenvalue weighted by molar-refractivity contribution is 0.310. The van der Waals surface area contributed by atoms with Crippen LogP contribution in [0.5, 0.6) is 0 Å². The van der Waals surface area contributed by atoms with Crippen LogP contribution in [0.2, 0.25) is 0 Å². The molecular weight excluding hydrogens is 190 g/mol. The van der Waals surface area contributed by atoms with E-state index in [-0.39, 0.29) is 5.41 Å². The van der Waals surface area contributed by atoms with Gasteiger partial charge in [-0.1, -0.05) is 25.9 Å². The zero-order valence-corrected chi connectivity index (χ0v) is 9.95. The van der Waals surface area contributed by atoms with Crippen molar-refractivity contribution in [2.45, 2.75) is 46.6 Å². The monoisotopic (exact) mass is 209 g/mol. The second-order valence-corrected chi connectivity index (χ2v) is 5.32. The van der Waals surface area contributed by atoms with E-state index in [1.165, 1.54) is 12.8 Å². The molecule has 0 aromatic carbocycles. The molecule has 1 unspecified atom stereocenters. The van der Waals surface area contributed by atoms with Gasteiger partial charge in [-0.2, -0.15) is 0 Å². The SMILES string of the molecule is Cc1nnc(N2CCCC2C(C)(C)C)o1. The van der Waals surface area contributed by atoms with Crippen molar-refractivity contribution >= 4 is 6.01 Å². The van der Waals surface area contributed by atoms with E-state index in [4.69, 9.17) is 4.42 Å². The normalized spacial score (nSPS) is 22.4. The van der Waals surface area contributed by atoms with Crippen molar-refractivity contribution in [2.24, 2.45) is 5.41 Å². The van der Waals surface area contributed by atoms with Crippen LogP contribution >= 0.6 is 0 Å². The summed E-state index contributed by atoms with van der Waals surface area (Å²) >= 11 is 0. The van der Waals surface area contributed by atoms with E-state index in [2.05, 4.69) is 35.9 Å². The van der Waals surface area contributed by atoms with Gasteiger partial charge in [-0.05, 0) is 18.3 Å². The lowest BCUT2D eigenvalue weighted by Gasteiger charge is -2.33. The summed E-state index contributed by atoms with van der Waals surface area (Å²) in [5, 5.41) is 7.99. The molecule has 1 saturated heterocycles. The van der Waals surface area contributed by atoms with E-state index in [1.54, 1.807) is 0 Å².